The van der Waals surface area contributed by atoms with Crippen molar-refractivity contribution in [1.29, 1.82) is 0 Å². The summed E-state index contributed by atoms with van der Waals surface area (Å²) in [5.41, 5.74) is 0.179. The van der Waals surface area contributed by atoms with Crippen LogP contribution in [0.4, 0.5) is 0 Å². The smallest absolute Gasteiger partial charge is 0.344 e. The van der Waals surface area contributed by atoms with E-state index >= 15 is 0 Å². The molecule has 0 aliphatic heterocycles. The van der Waals surface area contributed by atoms with Crippen molar-refractivity contribution in [1.82, 2.24) is 0 Å². The molecule has 162 valence electrons. The molecule has 7 heteroatoms. The maximum atomic E-state index is 13.0. The van der Waals surface area contributed by atoms with Crippen molar-refractivity contribution in [2.45, 2.75) is 46.8 Å². The molecule has 2 aromatic rings. The van der Waals surface area contributed by atoms with E-state index in [0.717, 1.165) is 0 Å². The Morgan fingerprint density at radius 2 is 1.19 bits per heavy atom. The molecule has 0 heterocycles. The van der Waals surface area contributed by atoms with Gasteiger partial charge in [-0.2, -0.15) is 0 Å². The molecule has 7 nitrogen and oxygen atoms in total. The number of rotatable bonds is 6. The predicted octanol–water partition coefficient (Wildman–Crippen LogP) is 3.70. The predicted molar refractivity (Wildman–Crippen MR) is 112 cm³/mol. The molecule has 2 aromatic carbocycles. The van der Waals surface area contributed by atoms with E-state index in [1.807, 2.05) is 0 Å². The van der Waals surface area contributed by atoms with Gasteiger partial charge in [0.25, 0.3) is 0 Å². The van der Waals surface area contributed by atoms with Crippen LogP contribution in [0.3, 0.4) is 0 Å². The number of ether oxygens (including phenoxy) is 2. The van der Waals surface area contributed by atoms with Crippen LogP contribution in [0.2, 0.25) is 0 Å². The van der Waals surface area contributed by atoms with E-state index in [0.29, 0.717) is 5.75 Å². The molecule has 1 N–H and O–H groups in total. The van der Waals surface area contributed by atoms with Crippen LogP contribution in [0.1, 0.15) is 66.5 Å². The zero-order chi connectivity index (χ0) is 23.1. The molecule has 0 bridgehead atoms. The van der Waals surface area contributed by atoms with E-state index in [4.69, 9.17) is 14.6 Å². The Kier molecular flexibility index (Phi) is 5.72. The van der Waals surface area contributed by atoms with Crippen LogP contribution < -0.4 is 9.47 Å². The molecule has 3 rings (SSSR count). The van der Waals surface area contributed by atoms with E-state index < -0.39 is 23.6 Å². The molecule has 0 saturated carbocycles. The van der Waals surface area contributed by atoms with E-state index in [2.05, 4.69) is 0 Å². The first kappa shape index (κ1) is 22.2. The number of carbonyl (C=O) groups excluding carboxylic acids is 3. The van der Waals surface area contributed by atoms with Gasteiger partial charge in [-0.15, -0.1) is 0 Å². The fraction of sp³-hybridized carbons (Fsp3) is 0.333. The Bertz CT molecular complexity index is 1090. The second kappa shape index (κ2) is 7.98. The summed E-state index contributed by atoms with van der Waals surface area (Å²) in [7, 11) is 0. The van der Waals surface area contributed by atoms with Gasteiger partial charge in [-0.05, 0) is 50.2 Å². The minimum absolute atomic E-state index is 0.0823. The van der Waals surface area contributed by atoms with Gasteiger partial charge in [-0.25, -0.2) is 4.79 Å². The number of hydrogen-bond donors (Lipinski definition) is 1. The lowest BCUT2D eigenvalue weighted by Gasteiger charge is -2.24. The van der Waals surface area contributed by atoms with Gasteiger partial charge in [0.05, 0.1) is 0 Å². The summed E-state index contributed by atoms with van der Waals surface area (Å²) in [5.74, 6) is -1.44. The average molecular weight is 424 g/mol. The number of carbonyl (C=O) groups is 4. The largest absolute Gasteiger partial charge is 0.483 e. The highest BCUT2D eigenvalue weighted by molar-refractivity contribution is 6.28. The van der Waals surface area contributed by atoms with Crippen LogP contribution in [-0.2, 0) is 9.59 Å². The van der Waals surface area contributed by atoms with Gasteiger partial charge < -0.3 is 14.6 Å². The zero-order valence-corrected chi connectivity index (χ0v) is 18.0. The third-order valence-corrected chi connectivity index (χ3v) is 5.04. The molecule has 0 fully saturated rings. The summed E-state index contributed by atoms with van der Waals surface area (Å²) in [6.45, 7) is 8.43. The molecule has 2 unspecified atom stereocenters. The number of Topliss-reactive ketones (excluding diaryl/α,β-unsaturated/α-hetero) is 1. The first-order valence-corrected chi connectivity index (χ1v) is 9.88. The van der Waals surface area contributed by atoms with Crippen LogP contribution in [0.25, 0.3) is 0 Å². The van der Waals surface area contributed by atoms with E-state index in [1.54, 1.807) is 33.8 Å². The number of hydrogen-bond acceptors (Lipinski definition) is 6. The topological polar surface area (TPSA) is 107 Å². The Labute approximate surface area is 180 Å². The van der Waals surface area contributed by atoms with Gasteiger partial charge >= 0.3 is 5.97 Å². The molecule has 0 aromatic heterocycles. The summed E-state index contributed by atoms with van der Waals surface area (Å²) < 4.78 is 11.0. The molecule has 2 atom stereocenters. The Morgan fingerprint density at radius 3 is 1.58 bits per heavy atom. The standard InChI is InChI=1S/C24H24O7/c1-12(22(27)24(3,4)5)30-14-6-8-16-18(10-14)20(25)17-9-7-15(11-19(17)21(16)26)31-13(2)23(28)29/h6-13H,1-5H3,(H,28,29). The molecule has 31 heavy (non-hydrogen) atoms. The Hall–Kier alpha value is -3.48. The SMILES string of the molecule is CC(Oc1ccc2c(c1)C(=O)c1ccc(OC(C)C(=O)C(C)(C)C)cc1C2=O)C(=O)O. The van der Waals surface area contributed by atoms with Crippen LogP contribution in [0, 0.1) is 5.41 Å². The first-order chi connectivity index (χ1) is 14.4. The molecule has 1 aliphatic rings. The van der Waals surface area contributed by atoms with Gasteiger partial charge in [-0.3, -0.25) is 14.4 Å². The van der Waals surface area contributed by atoms with Crippen molar-refractivity contribution in [3.8, 4) is 11.5 Å². The van der Waals surface area contributed by atoms with Crippen molar-refractivity contribution in [2.75, 3.05) is 0 Å². The summed E-state index contributed by atoms with van der Waals surface area (Å²) >= 11 is 0. The van der Waals surface area contributed by atoms with Crippen molar-refractivity contribution in [3.63, 3.8) is 0 Å². The third-order valence-electron chi connectivity index (χ3n) is 5.04. The quantitative estimate of drug-likeness (QED) is 0.643. The lowest BCUT2D eigenvalue weighted by Crippen LogP contribution is -2.34. The zero-order valence-electron chi connectivity index (χ0n) is 18.0. The maximum absolute atomic E-state index is 13.0. The lowest BCUT2D eigenvalue weighted by atomic mass is 9.84. The van der Waals surface area contributed by atoms with Crippen molar-refractivity contribution in [2.24, 2.45) is 5.41 Å². The van der Waals surface area contributed by atoms with Gasteiger partial charge in [0.15, 0.2) is 29.6 Å². The van der Waals surface area contributed by atoms with Gasteiger partial charge in [0.2, 0.25) is 0 Å². The second-order valence-corrected chi connectivity index (χ2v) is 8.55. The molecule has 0 spiro atoms. The fourth-order valence-corrected chi connectivity index (χ4v) is 3.38. The van der Waals surface area contributed by atoms with Gasteiger partial charge in [0.1, 0.15) is 11.5 Å². The third kappa shape index (κ3) is 4.35. The van der Waals surface area contributed by atoms with E-state index in [1.165, 1.54) is 37.3 Å². The Balaban J connectivity index is 1.90. The highest BCUT2D eigenvalue weighted by Crippen LogP contribution is 2.32. The highest BCUT2D eigenvalue weighted by atomic mass is 16.5. The van der Waals surface area contributed by atoms with Gasteiger partial charge in [0, 0.05) is 27.7 Å². The van der Waals surface area contributed by atoms with Crippen LogP contribution in [0.15, 0.2) is 36.4 Å². The van der Waals surface area contributed by atoms with E-state index in [-0.39, 0.29) is 45.4 Å². The number of ketones is 3. The van der Waals surface area contributed by atoms with Crippen molar-refractivity contribution in [3.05, 3.63) is 58.7 Å². The summed E-state index contributed by atoms with van der Waals surface area (Å²) in [6, 6.07) is 8.80. The highest BCUT2D eigenvalue weighted by Gasteiger charge is 2.32. The maximum Gasteiger partial charge on any atom is 0.344 e. The van der Waals surface area contributed by atoms with Crippen LogP contribution in [-0.4, -0.2) is 40.6 Å². The number of carboxylic acid groups (broad SMARTS) is 1. The fourth-order valence-electron chi connectivity index (χ4n) is 3.38. The molecule has 0 amide bonds. The van der Waals surface area contributed by atoms with Gasteiger partial charge in [-0.1, -0.05) is 20.8 Å². The van der Waals surface area contributed by atoms with Crippen molar-refractivity contribution < 1.29 is 33.8 Å². The molecular formula is C24H24O7. The molecule has 0 radical (unpaired) electrons. The minimum atomic E-state index is -1.14. The number of carboxylic acids is 1. The number of fused-ring (bicyclic) bond motifs is 2. The second-order valence-electron chi connectivity index (χ2n) is 8.55. The molecular weight excluding hydrogens is 400 g/mol. The first-order valence-electron chi connectivity index (χ1n) is 9.88. The number of benzene rings is 2. The molecule has 1 aliphatic carbocycles. The molecule has 0 saturated heterocycles. The number of aliphatic carboxylic acids is 1. The normalized spacial score (nSPS) is 14.9. The summed E-state index contributed by atoms with van der Waals surface area (Å²) in [4.78, 5) is 49.4. The van der Waals surface area contributed by atoms with Crippen LogP contribution >= 0.6 is 0 Å². The average Bonchev–Trinajstić information content (AvgIpc) is 2.70. The minimum Gasteiger partial charge on any atom is -0.483 e. The Morgan fingerprint density at radius 1 is 0.774 bits per heavy atom. The lowest BCUT2D eigenvalue weighted by molar-refractivity contribution is -0.144. The van der Waals surface area contributed by atoms with E-state index in [9.17, 15) is 19.2 Å². The monoisotopic (exact) mass is 424 g/mol. The van der Waals surface area contributed by atoms with Crippen molar-refractivity contribution >= 4 is 23.3 Å². The summed E-state index contributed by atoms with van der Waals surface area (Å²) in [6.07, 6.45) is -1.81. The summed E-state index contributed by atoms with van der Waals surface area (Å²) in [5, 5.41) is 8.99. The van der Waals surface area contributed by atoms with Crippen LogP contribution in [0.5, 0.6) is 11.5 Å².